The molecule has 0 N–H and O–H groups in total. The predicted molar refractivity (Wildman–Crippen MR) is 216 cm³/mol. The SMILES string of the molecule is [2H]c1c([2H])c(C)c([2H])c(-c2ccc3c(c2C)c2c(-c4cc(C(C)(C)C)cc(C(C)(C)C)c4)cccc2n3-c2cc(C(C)(C)C)cc(C(C)(C)C)c2)c1[2H]. The van der Waals surface area contributed by atoms with Gasteiger partial charge in [-0.2, -0.15) is 0 Å². The lowest BCUT2D eigenvalue weighted by Gasteiger charge is -2.27. The number of rotatable bonds is 3. The van der Waals surface area contributed by atoms with E-state index in [1.54, 1.807) is 6.92 Å². The number of benzene rings is 5. The average molecular weight is 652 g/mol. The molecule has 0 fully saturated rings. The number of aryl methyl sites for hydroxylation is 1. The Kier molecular flexibility index (Phi) is 7.15. The molecule has 0 aliphatic carbocycles. The maximum Gasteiger partial charge on any atom is 0.0632 e. The lowest BCUT2D eigenvalue weighted by Crippen LogP contribution is -2.17. The van der Waals surface area contributed by atoms with Crippen LogP contribution in [0.4, 0.5) is 0 Å². The van der Waals surface area contributed by atoms with Gasteiger partial charge in [0, 0.05) is 16.5 Å². The van der Waals surface area contributed by atoms with Crippen molar-refractivity contribution in [1.29, 1.82) is 0 Å². The maximum atomic E-state index is 9.10. The van der Waals surface area contributed by atoms with Crippen molar-refractivity contribution in [3.8, 4) is 27.9 Å². The first-order chi connectivity index (χ1) is 24.3. The summed E-state index contributed by atoms with van der Waals surface area (Å²) in [7, 11) is 0. The molecule has 6 rings (SSSR count). The van der Waals surface area contributed by atoms with Crippen LogP contribution in [0.2, 0.25) is 0 Å². The molecule has 254 valence electrons. The number of nitrogens with zero attached hydrogens (tertiary/aromatic N) is 1. The Morgan fingerprint density at radius 1 is 0.510 bits per heavy atom. The molecule has 0 radical (unpaired) electrons. The van der Waals surface area contributed by atoms with Crippen LogP contribution < -0.4 is 0 Å². The van der Waals surface area contributed by atoms with E-state index < -0.39 is 0 Å². The van der Waals surface area contributed by atoms with E-state index in [-0.39, 0.29) is 45.8 Å². The van der Waals surface area contributed by atoms with Gasteiger partial charge >= 0.3 is 0 Å². The number of aromatic nitrogens is 1. The van der Waals surface area contributed by atoms with Crippen LogP contribution in [-0.2, 0) is 21.7 Å². The van der Waals surface area contributed by atoms with E-state index in [1.807, 2.05) is 6.07 Å². The second-order valence-electron chi connectivity index (χ2n) is 18.2. The van der Waals surface area contributed by atoms with Crippen molar-refractivity contribution in [3.63, 3.8) is 0 Å². The van der Waals surface area contributed by atoms with Crippen molar-refractivity contribution >= 4 is 21.8 Å². The van der Waals surface area contributed by atoms with Crippen LogP contribution in [0.3, 0.4) is 0 Å². The summed E-state index contributed by atoms with van der Waals surface area (Å²) in [5, 5.41) is 2.20. The van der Waals surface area contributed by atoms with E-state index in [1.165, 1.54) is 27.8 Å². The molecule has 0 aliphatic heterocycles. The molecule has 0 bridgehead atoms. The molecule has 0 saturated carbocycles. The second-order valence-corrected chi connectivity index (χ2v) is 18.2. The molecular weight excluding hydrogens is 591 g/mol. The molecule has 0 saturated heterocycles. The molecule has 0 spiro atoms. The van der Waals surface area contributed by atoms with Gasteiger partial charge in [0.05, 0.1) is 16.5 Å². The molecule has 1 heterocycles. The molecule has 1 heteroatoms. The highest BCUT2D eigenvalue weighted by Gasteiger charge is 2.26. The van der Waals surface area contributed by atoms with Crippen molar-refractivity contribution in [1.82, 2.24) is 4.57 Å². The van der Waals surface area contributed by atoms with Gasteiger partial charge in [-0.1, -0.05) is 155 Å². The molecule has 0 atom stereocenters. The van der Waals surface area contributed by atoms with Crippen LogP contribution >= 0.6 is 0 Å². The molecule has 0 unspecified atom stereocenters. The van der Waals surface area contributed by atoms with E-state index in [0.29, 0.717) is 11.1 Å². The van der Waals surface area contributed by atoms with Crippen molar-refractivity contribution in [3.05, 3.63) is 124 Å². The minimum Gasteiger partial charge on any atom is -0.309 e. The van der Waals surface area contributed by atoms with E-state index in [4.69, 9.17) is 5.48 Å². The van der Waals surface area contributed by atoms with Gasteiger partial charge in [0.25, 0.3) is 0 Å². The lowest BCUT2D eigenvalue weighted by molar-refractivity contribution is 0.567. The van der Waals surface area contributed by atoms with Crippen LogP contribution in [0.1, 0.15) is 122 Å². The summed E-state index contributed by atoms with van der Waals surface area (Å²) in [6.07, 6.45) is 0. The fraction of sp³-hybridized carbons (Fsp3) is 0.375. The number of hydrogen-bond acceptors (Lipinski definition) is 0. The topological polar surface area (TPSA) is 4.93 Å². The van der Waals surface area contributed by atoms with Crippen LogP contribution in [0.5, 0.6) is 0 Å². The minimum atomic E-state index is -0.140. The van der Waals surface area contributed by atoms with Crippen LogP contribution in [-0.4, -0.2) is 4.57 Å². The monoisotopic (exact) mass is 651 g/mol. The zero-order valence-electron chi connectivity index (χ0n) is 36.3. The number of fused-ring (bicyclic) bond motifs is 3. The Bertz CT molecular complexity index is 2340. The van der Waals surface area contributed by atoms with Crippen LogP contribution in [0, 0.1) is 13.8 Å². The van der Waals surface area contributed by atoms with E-state index in [2.05, 4.69) is 155 Å². The third-order valence-corrected chi connectivity index (χ3v) is 10.1. The van der Waals surface area contributed by atoms with Crippen molar-refractivity contribution in [2.45, 2.75) is 119 Å². The molecule has 49 heavy (non-hydrogen) atoms. The van der Waals surface area contributed by atoms with Gasteiger partial charge in [-0.05, 0) is 110 Å². The summed E-state index contributed by atoms with van der Waals surface area (Å²) in [6, 6.07) is 24.8. The smallest absolute Gasteiger partial charge is 0.0632 e. The highest BCUT2D eigenvalue weighted by molar-refractivity contribution is 6.18. The van der Waals surface area contributed by atoms with Crippen molar-refractivity contribution < 1.29 is 5.48 Å². The normalized spacial score (nSPS) is 14.2. The first-order valence-corrected chi connectivity index (χ1v) is 17.8. The third kappa shape index (κ3) is 6.50. The van der Waals surface area contributed by atoms with Crippen molar-refractivity contribution in [2.24, 2.45) is 0 Å². The Morgan fingerprint density at radius 2 is 1.02 bits per heavy atom. The van der Waals surface area contributed by atoms with Gasteiger partial charge < -0.3 is 4.57 Å². The number of hydrogen-bond donors (Lipinski definition) is 0. The zero-order chi connectivity index (χ0) is 39.3. The predicted octanol–water partition coefficient (Wildman–Crippen LogP) is 13.9. The fourth-order valence-electron chi connectivity index (χ4n) is 6.94. The first-order valence-electron chi connectivity index (χ1n) is 19.8. The quantitative estimate of drug-likeness (QED) is 0.179. The van der Waals surface area contributed by atoms with Crippen molar-refractivity contribution in [2.75, 3.05) is 0 Å². The van der Waals surface area contributed by atoms with E-state index in [0.717, 1.165) is 44.2 Å². The van der Waals surface area contributed by atoms with Gasteiger partial charge in [-0.3, -0.25) is 0 Å². The second kappa shape index (κ2) is 11.8. The van der Waals surface area contributed by atoms with Gasteiger partial charge in [-0.15, -0.1) is 0 Å². The third-order valence-electron chi connectivity index (χ3n) is 10.1. The standard InChI is InChI=1S/C48H57N/c1-30-17-15-18-32(23-30)39-21-22-42-43(31(39)2)44-40(33-24-34(45(3,4)5)26-35(25-33)46(6,7)8)19-16-20-41(44)49(42)38-28-36(47(9,10)11)27-37(29-38)48(12,13)14/h15-29H,1-14H3/i15D,17D,18D,23D. The fourth-order valence-corrected chi connectivity index (χ4v) is 6.94. The van der Waals surface area contributed by atoms with Crippen LogP contribution in [0.15, 0.2) is 90.9 Å². The molecule has 0 aliphatic rings. The minimum absolute atomic E-state index is 0.0527. The Morgan fingerprint density at radius 3 is 1.55 bits per heavy atom. The summed E-state index contributed by atoms with van der Waals surface area (Å²) < 4.78 is 37.5. The Hall–Kier alpha value is -4.10. The van der Waals surface area contributed by atoms with E-state index in [9.17, 15) is 0 Å². The summed E-state index contributed by atoms with van der Waals surface area (Å²) in [6.45, 7) is 31.1. The molecule has 1 aromatic heterocycles. The highest BCUT2D eigenvalue weighted by Crippen LogP contribution is 2.45. The molecular formula is C48H57N. The maximum absolute atomic E-state index is 9.10. The van der Waals surface area contributed by atoms with E-state index >= 15 is 0 Å². The lowest BCUT2D eigenvalue weighted by atomic mass is 9.78. The molecule has 6 aromatic rings. The highest BCUT2D eigenvalue weighted by atomic mass is 15.0. The van der Waals surface area contributed by atoms with Gasteiger partial charge in [0.2, 0.25) is 0 Å². The summed E-state index contributed by atoms with van der Waals surface area (Å²) in [5.74, 6) is 0. The van der Waals surface area contributed by atoms with Crippen LogP contribution in [0.25, 0.3) is 49.7 Å². The molecule has 1 nitrogen and oxygen atoms in total. The Labute approximate surface area is 302 Å². The molecule has 5 aromatic carbocycles. The summed E-state index contributed by atoms with van der Waals surface area (Å²) in [5.41, 5.74) is 13.0. The Balaban J connectivity index is 1.84. The zero-order valence-corrected chi connectivity index (χ0v) is 32.3. The summed E-state index contributed by atoms with van der Waals surface area (Å²) in [4.78, 5) is 0. The largest absolute Gasteiger partial charge is 0.309 e. The van der Waals surface area contributed by atoms with Gasteiger partial charge in [-0.25, -0.2) is 0 Å². The van der Waals surface area contributed by atoms with Gasteiger partial charge in [0.15, 0.2) is 0 Å². The summed E-state index contributed by atoms with van der Waals surface area (Å²) >= 11 is 0. The van der Waals surface area contributed by atoms with Gasteiger partial charge in [0.1, 0.15) is 0 Å². The molecule has 0 amide bonds. The first kappa shape index (κ1) is 29.8. The average Bonchev–Trinajstić information content (AvgIpc) is 3.40.